The van der Waals surface area contributed by atoms with E-state index in [0.29, 0.717) is 31.0 Å². The lowest BCUT2D eigenvalue weighted by atomic mass is 10.3. The normalized spacial score (nSPS) is 25.0. The first-order valence-corrected chi connectivity index (χ1v) is 8.14. The summed E-state index contributed by atoms with van der Waals surface area (Å²) in [6.07, 6.45) is -0.207. The van der Waals surface area contributed by atoms with Crippen LogP contribution in [0, 0.1) is 6.92 Å². The molecule has 1 saturated heterocycles. The maximum absolute atomic E-state index is 12.8. The molecule has 0 aromatic carbocycles. The van der Waals surface area contributed by atoms with Crippen molar-refractivity contribution in [2.24, 2.45) is 0 Å². The van der Waals surface area contributed by atoms with E-state index in [9.17, 15) is 8.42 Å². The molecule has 0 aliphatic carbocycles. The van der Waals surface area contributed by atoms with Crippen molar-refractivity contribution in [2.75, 3.05) is 20.1 Å². The van der Waals surface area contributed by atoms with Gasteiger partial charge in [0.15, 0.2) is 0 Å². The quantitative estimate of drug-likeness (QED) is 0.831. The van der Waals surface area contributed by atoms with Gasteiger partial charge in [-0.2, -0.15) is 9.40 Å². The molecule has 0 saturated carbocycles. The number of aromatic amines is 1. The third-order valence-electron chi connectivity index (χ3n) is 3.29. The molecule has 0 spiro atoms. The highest BCUT2D eigenvalue weighted by Crippen LogP contribution is 2.25. The van der Waals surface area contributed by atoms with Crippen molar-refractivity contribution in [1.82, 2.24) is 19.8 Å². The first kappa shape index (κ1) is 15.4. The molecule has 7 nitrogen and oxygen atoms in total. The van der Waals surface area contributed by atoms with E-state index in [1.807, 2.05) is 13.8 Å². The fourth-order valence-corrected chi connectivity index (χ4v) is 4.47. The van der Waals surface area contributed by atoms with Crippen molar-refractivity contribution in [3.63, 3.8) is 0 Å². The summed E-state index contributed by atoms with van der Waals surface area (Å²) in [5.41, 5.74) is 1.10. The molecule has 1 aromatic heterocycles. The van der Waals surface area contributed by atoms with Gasteiger partial charge in [0, 0.05) is 19.6 Å². The molecule has 0 bridgehead atoms. The van der Waals surface area contributed by atoms with E-state index in [1.54, 1.807) is 14.0 Å². The molecule has 114 valence electrons. The maximum atomic E-state index is 12.8. The van der Waals surface area contributed by atoms with E-state index >= 15 is 0 Å². The molecule has 1 fully saturated rings. The van der Waals surface area contributed by atoms with Crippen LogP contribution in [-0.4, -0.2) is 55.3 Å². The number of sulfonamides is 1. The van der Waals surface area contributed by atoms with Crippen LogP contribution < -0.4 is 5.32 Å². The second kappa shape index (κ2) is 5.80. The fourth-order valence-electron chi connectivity index (χ4n) is 2.55. The minimum atomic E-state index is -3.55. The standard InChI is InChI=1S/C12H22N4O3S/c1-8-6-16(7-9(2)19-8)20(17,18)12-10(3)14-15-11(12)5-13-4/h8-9,13H,5-7H2,1-4H3,(H,14,15)/t8-,9+. The van der Waals surface area contributed by atoms with Gasteiger partial charge in [-0.1, -0.05) is 0 Å². The number of nitrogens with one attached hydrogen (secondary N) is 2. The number of rotatable bonds is 4. The van der Waals surface area contributed by atoms with Crippen LogP contribution in [0.3, 0.4) is 0 Å². The summed E-state index contributed by atoms with van der Waals surface area (Å²) in [6.45, 7) is 6.65. The third-order valence-corrected chi connectivity index (χ3v) is 5.33. The summed E-state index contributed by atoms with van der Waals surface area (Å²) in [6, 6.07) is 0. The van der Waals surface area contributed by atoms with Crippen molar-refractivity contribution in [1.29, 1.82) is 0 Å². The van der Waals surface area contributed by atoms with Crippen LogP contribution in [-0.2, 0) is 21.3 Å². The summed E-state index contributed by atoms with van der Waals surface area (Å²) in [4.78, 5) is 0.285. The molecule has 2 heterocycles. The number of nitrogens with zero attached hydrogens (tertiary/aromatic N) is 2. The molecule has 1 aliphatic heterocycles. The molecular weight excluding hydrogens is 280 g/mol. The van der Waals surface area contributed by atoms with E-state index in [-0.39, 0.29) is 17.1 Å². The summed E-state index contributed by atoms with van der Waals surface area (Å²) in [5.74, 6) is 0. The van der Waals surface area contributed by atoms with Crippen LogP contribution in [0.5, 0.6) is 0 Å². The predicted octanol–water partition coefficient (Wildman–Crippen LogP) is 0.235. The smallest absolute Gasteiger partial charge is 0.246 e. The largest absolute Gasteiger partial charge is 0.373 e. The van der Waals surface area contributed by atoms with Gasteiger partial charge in [-0.3, -0.25) is 5.10 Å². The van der Waals surface area contributed by atoms with E-state index in [0.717, 1.165) is 0 Å². The highest BCUT2D eigenvalue weighted by molar-refractivity contribution is 7.89. The molecule has 8 heteroatoms. The number of aryl methyl sites for hydroxylation is 1. The Morgan fingerprint density at radius 3 is 2.55 bits per heavy atom. The summed E-state index contributed by atoms with van der Waals surface area (Å²) in [7, 11) is -1.79. The molecule has 2 N–H and O–H groups in total. The topological polar surface area (TPSA) is 87.3 Å². The van der Waals surface area contributed by atoms with Gasteiger partial charge in [-0.15, -0.1) is 0 Å². The Hall–Kier alpha value is -0.960. The number of morpholine rings is 1. The average Bonchev–Trinajstić information content (AvgIpc) is 2.70. The minimum absolute atomic E-state index is 0.103. The van der Waals surface area contributed by atoms with Crippen LogP contribution in [0.2, 0.25) is 0 Å². The van der Waals surface area contributed by atoms with Crippen molar-refractivity contribution in [3.05, 3.63) is 11.4 Å². The number of hydrogen-bond donors (Lipinski definition) is 2. The Bertz CT molecular complexity index is 559. The lowest BCUT2D eigenvalue weighted by Crippen LogP contribution is -2.48. The molecule has 0 unspecified atom stereocenters. The third kappa shape index (κ3) is 2.88. The Morgan fingerprint density at radius 2 is 2.00 bits per heavy atom. The highest BCUT2D eigenvalue weighted by Gasteiger charge is 2.35. The second-order valence-electron chi connectivity index (χ2n) is 5.23. The van der Waals surface area contributed by atoms with E-state index in [1.165, 1.54) is 4.31 Å². The van der Waals surface area contributed by atoms with Crippen molar-refractivity contribution in [2.45, 2.75) is 44.4 Å². The van der Waals surface area contributed by atoms with Gasteiger partial charge in [0.1, 0.15) is 4.90 Å². The average molecular weight is 302 g/mol. The summed E-state index contributed by atoms with van der Waals surface area (Å²) >= 11 is 0. The Kier molecular flexibility index (Phi) is 4.48. The second-order valence-corrected chi connectivity index (χ2v) is 7.11. The molecular formula is C12H22N4O3S. The van der Waals surface area contributed by atoms with Gasteiger partial charge in [0.2, 0.25) is 10.0 Å². The van der Waals surface area contributed by atoms with E-state index in [2.05, 4.69) is 15.5 Å². The van der Waals surface area contributed by atoms with Gasteiger partial charge in [0.05, 0.1) is 23.6 Å². The van der Waals surface area contributed by atoms with Crippen LogP contribution in [0.1, 0.15) is 25.2 Å². The number of hydrogen-bond acceptors (Lipinski definition) is 5. The molecule has 1 aliphatic rings. The first-order chi connectivity index (χ1) is 9.36. The number of H-pyrrole nitrogens is 1. The van der Waals surface area contributed by atoms with Crippen molar-refractivity contribution in [3.8, 4) is 0 Å². The maximum Gasteiger partial charge on any atom is 0.246 e. The lowest BCUT2D eigenvalue weighted by Gasteiger charge is -2.34. The molecule has 20 heavy (non-hydrogen) atoms. The molecule has 2 atom stereocenters. The summed E-state index contributed by atoms with van der Waals surface area (Å²) in [5, 5.41) is 9.78. The molecule has 0 amide bonds. The van der Waals surface area contributed by atoms with Crippen LogP contribution in [0.25, 0.3) is 0 Å². The zero-order valence-corrected chi connectivity index (χ0v) is 13.1. The Balaban J connectivity index is 2.37. The molecule has 0 radical (unpaired) electrons. The lowest BCUT2D eigenvalue weighted by molar-refractivity contribution is -0.0441. The van der Waals surface area contributed by atoms with Gasteiger partial charge >= 0.3 is 0 Å². The van der Waals surface area contributed by atoms with Crippen LogP contribution in [0.15, 0.2) is 4.90 Å². The minimum Gasteiger partial charge on any atom is -0.373 e. The van der Waals surface area contributed by atoms with Crippen molar-refractivity contribution >= 4 is 10.0 Å². The van der Waals surface area contributed by atoms with Crippen LogP contribution in [0.4, 0.5) is 0 Å². The van der Waals surface area contributed by atoms with E-state index < -0.39 is 10.0 Å². The van der Waals surface area contributed by atoms with Gasteiger partial charge < -0.3 is 10.1 Å². The zero-order chi connectivity index (χ0) is 14.9. The first-order valence-electron chi connectivity index (χ1n) is 6.70. The monoisotopic (exact) mass is 302 g/mol. The van der Waals surface area contributed by atoms with Crippen LogP contribution >= 0.6 is 0 Å². The molecule has 2 rings (SSSR count). The molecule has 1 aromatic rings. The Labute approximate surface area is 119 Å². The Morgan fingerprint density at radius 1 is 1.40 bits per heavy atom. The van der Waals surface area contributed by atoms with Gasteiger partial charge in [-0.25, -0.2) is 8.42 Å². The predicted molar refractivity (Wildman–Crippen MR) is 74.9 cm³/mol. The van der Waals surface area contributed by atoms with E-state index in [4.69, 9.17) is 4.74 Å². The van der Waals surface area contributed by atoms with Gasteiger partial charge in [0.25, 0.3) is 0 Å². The zero-order valence-electron chi connectivity index (χ0n) is 12.3. The van der Waals surface area contributed by atoms with Gasteiger partial charge in [-0.05, 0) is 27.8 Å². The highest BCUT2D eigenvalue weighted by atomic mass is 32.2. The summed E-state index contributed by atoms with van der Waals surface area (Å²) < 4.78 is 32.8. The SMILES string of the molecule is CNCc1n[nH]c(C)c1S(=O)(=O)N1C[C@@H](C)O[C@@H](C)C1. The fraction of sp³-hybridized carbons (Fsp3) is 0.750. The number of aromatic nitrogens is 2. The van der Waals surface area contributed by atoms with Crippen molar-refractivity contribution < 1.29 is 13.2 Å². The number of ether oxygens (including phenoxy) is 1.